The highest BCUT2D eigenvalue weighted by atomic mass is 79.9. The molecule has 2 aliphatic rings. The summed E-state index contributed by atoms with van der Waals surface area (Å²) in [7, 11) is 0. The third-order valence-electron chi connectivity index (χ3n) is 3.66. The Hall–Kier alpha value is -0.740. The Morgan fingerprint density at radius 3 is 2.61 bits per heavy atom. The fourth-order valence-electron chi connectivity index (χ4n) is 2.65. The summed E-state index contributed by atoms with van der Waals surface area (Å²) in [6.45, 7) is 4.12. The molecule has 0 aliphatic carbocycles. The molecule has 18 heavy (non-hydrogen) atoms. The molecule has 3 rings (SSSR count). The van der Waals surface area contributed by atoms with Crippen LogP contribution in [0.15, 0.2) is 16.6 Å². The van der Waals surface area contributed by atoms with Crippen molar-refractivity contribution in [2.75, 3.05) is 26.4 Å². The molecular formula is C14H18BrNO2. The summed E-state index contributed by atoms with van der Waals surface area (Å²) in [5.74, 6) is 1.74. The van der Waals surface area contributed by atoms with Crippen LogP contribution in [0, 0.1) is 0 Å². The van der Waals surface area contributed by atoms with Gasteiger partial charge in [-0.15, -0.1) is 0 Å². The zero-order valence-corrected chi connectivity index (χ0v) is 12.0. The van der Waals surface area contributed by atoms with Crippen molar-refractivity contribution in [1.82, 2.24) is 4.90 Å². The minimum absolute atomic E-state index is 0.346. The zero-order chi connectivity index (χ0) is 12.4. The number of ether oxygens (including phenoxy) is 2. The topological polar surface area (TPSA) is 21.7 Å². The number of hydrogen-bond acceptors (Lipinski definition) is 3. The van der Waals surface area contributed by atoms with Crippen LogP contribution in [-0.4, -0.2) is 31.3 Å². The van der Waals surface area contributed by atoms with Crippen molar-refractivity contribution >= 4 is 15.9 Å². The molecule has 4 heteroatoms. The molecule has 1 saturated heterocycles. The van der Waals surface area contributed by atoms with Crippen LogP contribution in [0.5, 0.6) is 11.5 Å². The fraction of sp³-hybridized carbons (Fsp3) is 0.571. The molecule has 98 valence electrons. The summed E-state index contributed by atoms with van der Waals surface area (Å²) in [6.07, 6.45) is 5.04. The molecule has 0 aromatic heterocycles. The van der Waals surface area contributed by atoms with Crippen molar-refractivity contribution in [1.29, 1.82) is 0 Å². The molecule has 3 nitrogen and oxygen atoms in total. The number of fused-ring (bicyclic) bond motifs is 1. The highest BCUT2D eigenvalue weighted by Crippen LogP contribution is 2.37. The van der Waals surface area contributed by atoms with Crippen molar-refractivity contribution in [3.8, 4) is 11.5 Å². The van der Waals surface area contributed by atoms with Gasteiger partial charge in [-0.3, -0.25) is 0 Å². The van der Waals surface area contributed by atoms with E-state index in [1.165, 1.54) is 44.5 Å². The second-order valence-electron chi connectivity index (χ2n) is 4.95. The Kier molecular flexibility index (Phi) is 3.75. The molecule has 1 aromatic carbocycles. The van der Waals surface area contributed by atoms with Crippen molar-refractivity contribution in [3.63, 3.8) is 0 Å². The van der Waals surface area contributed by atoms with Crippen LogP contribution in [0.25, 0.3) is 0 Å². The number of likely N-dealkylation sites (tertiary alicyclic amines) is 1. The summed E-state index contributed by atoms with van der Waals surface area (Å²) in [5, 5.41) is 0. The minimum Gasteiger partial charge on any atom is -0.454 e. The van der Waals surface area contributed by atoms with Gasteiger partial charge >= 0.3 is 0 Å². The van der Waals surface area contributed by atoms with Gasteiger partial charge in [-0.2, -0.15) is 0 Å². The van der Waals surface area contributed by atoms with E-state index in [4.69, 9.17) is 9.47 Å². The summed E-state index contributed by atoms with van der Waals surface area (Å²) in [4.78, 5) is 2.56. The van der Waals surface area contributed by atoms with Crippen LogP contribution in [0.4, 0.5) is 0 Å². The monoisotopic (exact) mass is 311 g/mol. The first-order valence-corrected chi connectivity index (χ1v) is 7.42. The number of rotatable bonds is 4. The van der Waals surface area contributed by atoms with E-state index in [1.54, 1.807) is 0 Å². The molecule has 1 fully saturated rings. The van der Waals surface area contributed by atoms with E-state index in [2.05, 4.69) is 26.9 Å². The van der Waals surface area contributed by atoms with Gasteiger partial charge in [0.15, 0.2) is 11.5 Å². The van der Waals surface area contributed by atoms with Gasteiger partial charge in [-0.25, -0.2) is 0 Å². The Morgan fingerprint density at radius 2 is 1.83 bits per heavy atom. The maximum atomic E-state index is 5.42. The van der Waals surface area contributed by atoms with Gasteiger partial charge in [0.05, 0.1) is 0 Å². The van der Waals surface area contributed by atoms with E-state index in [0.29, 0.717) is 6.79 Å². The average molecular weight is 312 g/mol. The van der Waals surface area contributed by atoms with Gasteiger partial charge in [-0.1, -0.05) is 15.9 Å². The van der Waals surface area contributed by atoms with Gasteiger partial charge in [-0.05, 0) is 63.0 Å². The average Bonchev–Trinajstić information content (AvgIpc) is 3.00. The molecule has 0 N–H and O–H groups in total. The molecular weight excluding hydrogens is 294 g/mol. The van der Waals surface area contributed by atoms with Gasteiger partial charge < -0.3 is 14.4 Å². The second kappa shape index (κ2) is 5.49. The van der Waals surface area contributed by atoms with Crippen molar-refractivity contribution in [3.05, 3.63) is 22.2 Å². The van der Waals surface area contributed by atoms with Crippen molar-refractivity contribution in [2.24, 2.45) is 0 Å². The third kappa shape index (κ3) is 2.64. The van der Waals surface area contributed by atoms with E-state index in [9.17, 15) is 0 Å². The first kappa shape index (κ1) is 12.3. The fourth-order valence-corrected chi connectivity index (χ4v) is 3.17. The van der Waals surface area contributed by atoms with Gasteiger partial charge in [0, 0.05) is 4.47 Å². The predicted octanol–water partition coefficient (Wildman–Crippen LogP) is 3.21. The van der Waals surface area contributed by atoms with E-state index < -0.39 is 0 Å². The minimum atomic E-state index is 0.346. The first-order valence-electron chi connectivity index (χ1n) is 6.63. The van der Waals surface area contributed by atoms with E-state index in [0.717, 1.165) is 22.4 Å². The highest BCUT2D eigenvalue weighted by Gasteiger charge is 2.16. The van der Waals surface area contributed by atoms with Crippen LogP contribution < -0.4 is 9.47 Å². The number of benzene rings is 1. The lowest BCUT2D eigenvalue weighted by Crippen LogP contribution is -2.20. The number of aryl methyl sites for hydroxylation is 1. The third-order valence-corrected chi connectivity index (χ3v) is 4.40. The molecule has 0 spiro atoms. The van der Waals surface area contributed by atoms with E-state index >= 15 is 0 Å². The number of hydrogen-bond donors (Lipinski definition) is 0. The molecule has 0 unspecified atom stereocenters. The lowest BCUT2D eigenvalue weighted by atomic mass is 10.1. The summed E-state index contributed by atoms with van der Waals surface area (Å²) >= 11 is 3.61. The molecule has 2 aliphatic heterocycles. The number of nitrogens with zero attached hydrogens (tertiary/aromatic N) is 1. The molecule has 0 radical (unpaired) electrons. The Morgan fingerprint density at radius 1 is 1.11 bits per heavy atom. The quantitative estimate of drug-likeness (QED) is 0.852. The van der Waals surface area contributed by atoms with Gasteiger partial charge in [0.1, 0.15) is 0 Å². The largest absolute Gasteiger partial charge is 0.454 e. The maximum Gasteiger partial charge on any atom is 0.231 e. The maximum absolute atomic E-state index is 5.42. The van der Waals surface area contributed by atoms with Gasteiger partial charge in [0.25, 0.3) is 0 Å². The van der Waals surface area contributed by atoms with Crippen molar-refractivity contribution < 1.29 is 9.47 Å². The predicted molar refractivity (Wildman–Crippen MR) is 74.3 cm³/mol. The molecule has 1 aromatic rings. The summed E-state index contributed by atoms with van der Waals surface area (Å²) in [6, 6.07) is 4.13. The Bertz CT molecular complexity index is 430. The van der Waals surface area contributed by atoms with Crippen LogP contribution in [0.3, 0.4) is 0 Å². The van der Waals surface area contributed by atoms with E-state index in [-0.39, 0.29) is 0 Å². The van der Waals surface area contributed by atoms with Crippen LogP contribution >= 0.6 is 15.9 Å². The first-order chi connectivity index (χ1) is 8.83. The molecule has 0 amide bonds. The van der Waals surface area contributed by atoms with Crippen LogP contribution in [0.1, 0.15) is 24.8 Å². The van der Waals surface area contributed by atoms with Crippen LogP contribution in [-0.2, 0) is 6.42 Å². The summed E-state index contributed by atoms with van der Waals surface area (Å²) in [5.41, 5.74) is 1.32. The van der Waals surface area contributed by atoms with E-state index in [1.807, 2.05) is 6.07 Å². The molecule has 0 atom stereocenters. The molecule has 2 heterocycles. The molecule has 0 saturated carbocycles. The van der Waals surface area contributed by atoms with Crippen LogP contribution in [0.2, 0.25) is 0 Å². The Labute approximate surface area is 116 Å². The smallest absolute Gasteiger partial charge is 0.231 e. The Balaban J connectivity index is 1.58. The van der Waals surface area contributed by atoms with Gasteiger partial charge in [0.2, 0.25) is 6.79 Å². The zero-order valence-electron chi connectivity index (χ0n) is 10.5. The SMILES string of the molecule is Brc1cc2c(cc1CCCN1CCCC1)OCO2. The lowest BCUT2D eigenvalue weighted by Gasteiger charge is -2.14. The van der Waals surface area contributed by atoms with Crippen molar-refractivity contribution in [2.45, 2.75) is 25.7 Å². The standard InChI is InChI=1S/C14H18BrNO2/c15-12-9-14-13(17-10-18-14)8-11(12)4-3-7-16-5-1-2-6-16/h8-9H,1-7,10H2. The normalized spacial score (nSPS) is 18.5. The summed E-state index contributed by atoms with van der Waals surface area (Å²) < 4.78 is 11.9. The lowest BCUT2D eigenvalue weighted by molar-refractivity contribution is 0.174. The highest BCUT2D eigenvalue weighted by molar-refractivity contribution is 9.10. The second-order valence-corrected chi connectivity index (χ2v) is 5.80. The molecule has 0 bridgehead atoms. The number of halogens is 1.